The number of carbonyl (C=O) groups excluding carboxylic acids is 1. The highest BCUT2D eigenvalue weighted by Crippen LogP contribution is 2.43. The van der Waals surface area contributed by atoms with Crippen molar-refractivity contribution >= 4 is 24.0 Å². The Morgan fingerprint density at radius 1 is 1.14 bits per heavy atom. The molecule has 3 rings (SSSR count). The predicted molar refractivity (Wildman–Crippen MR) is 93.5 cm³/mol. The summed E-state index contributed by atoms with van der Waals surface area (Å²) in [7, 11) is 0. The molecule has 2 fully saturated rings. The summed E-state index contributed by atoms with van der Waals surface area (Å²) in [6.45, 7) is 3.84. The molecule has 22 heavy (non-hydrogen) atoms. The number of nitrogen functional groups attached to an aromatic ring is 1. The van der Waals surface area contributed by atoms with E-state index in [1.54, 1.807) is 0 Å². The van der Waals surface area contributed by atoms with Gasteiger partial charge >= 0.3 is 0 Å². The van der Waals surface area contributed by atoms with E-state index in [-0.39, 0.29) is 18.3 Å². The fourth-order valence-electron chi connectivity index (χ4n) is 4.13. The number of carbonyl (C=O) groups is 1. The van der Waals surface area contributed by atoms with Crippen molar-refractivity contribution in [3.05, 3.63) is 29.3 Å². The minimum atomic E-state index is 0. The molecule has 0 atom stereocenters. The minimum Gasteiger partial charge on any atom is -0.399 e. The number of nitrogens with zero attached hydrogens (tertiary/aromatic N) is 1. The van der Waals surface area contributed by atoms with Crippen LogP contribution >= 0.6 is 12.4 Å². The van der Waals surface area contributed by atoms with Gasteiger partial charge in [-0.25, -0.2) is 0 Å². The van der Waals surface area contributed by atoms with E-state index in [0.717, 1.165) is 30.6 Å². The lowest BCUT2D eigenvalue weighted by molar-refractivity contribution is 0.0383. The number of aryl methyl sites for hydroxylation is 1. The number of piperidine rings is 1. The molecule has 1 aliphatic carbocycles. The largest absolute Gasteiger partial charge is 0.399 e. The van der Waals surface area contributed by atoms with Crippen molar-refractivity contribution < 1.29 is 4.79 Å². The molecule has 4 heteroatoms. The van der Waals surface area contributed by atoms with Crippen LogP contribution in [-0.4, -0.2) is 23.9 Å². The lowest BCUT2D eigenvalue weighted by Crippen LogP contribution is -2.47. The Bertz CT molecular complexity index is 532. The molecule has 3 nitrogen and oxygen atoms in total. The fourth-order valence-corrected chi connectivity index (χ4v) is 4.13. The molecule has 1 saturated carbocycles. The number of amides is 1. The highest BCUT2D eigenvalue weighted by atomic mass is 35.5. The van der Waals surface area contributed by atoms with Gasteiger partial charge in [0, 0.05) is 24.3 Å². The van der Waals surface area contributed by atoms with Crippen molar-refractivity contribution in [3.8, 4) is 0 Å². The second-order valence-corrected chi connectivity index (χ2v) is 6.97. The summed E-state index contributed by atoms with van der Waals surface area (Å²) in [6, 6.07) is 5.65. The lowest BCUT2D eigenvalue weighted by Gasteiger charge is -2.45. The van der Waals surface area contributed by atoms with Crippen LogP contribution in [0.15, 0.2) is 18.2 Å². The van der Waals surface area contributed by atoms with E-state index >= 15 is 0 Å². The fraction of sp³-hybridized carbons (Fsp3) is 0.611. The number of benzene rings is 1. The van der Waals surface area contributed by atoms with Gasteiger partial charge in [-0.3, -0.25) is 4.79 Å². The Morgan fingerprint density at radius 2 is 1.82 bits per heavy atom. The molecule has 0 unspecified atom stereocenters. The minimum absolute atomic E-state index is 0. The predicted octanol–water partition coefficient (Wildman–Crippen LogP) is 4.19. The standard InChI is InChI=1S/C18H26N2O.ClH/c1-14-6-7-15(19)12-16(14)17(21)20-11-5-10-18(13-20)8-3-2-4-9-18;/h6-7,12H,2-5,8-11,13,19H2,1H3;1H. The summed E-state index contributed by atoms with van der Waals surface area (Å²) >= 11 is 0. The Balaban J connectivity index is 0.00000176. The van der Waals surface area contributed by atoms with Crippen LogP contribution in [0.25, 0.3) is 0 Å². The van der Waals surface area contributed by atoms with Crippen molar-refractivity contribution in [2.75, 3.05) is 18.8 Å². The molecule has 0 bridgehead atoms. The summed E-state index contributed by atoms with van der Waals surface area (Å²) in [6.07, 6.45) is 9.07. The molecule has 1 aromatic carbocycles. The average Bonchev–Trinajstić information content (AvgIpc) is 2.50. The van der Waals surface area contributed by atoms with Crippen molar-refractivity contribution in [2.45, 2.75) is 51.9 Å². The third kappa shape index (κ3) is 3.40. The lowest BCUT2D eigenvalue weighted by atomic mass is 9.69. The smallest absolute Gasteiger partial charge is 0.254 e. The Kier molecular flexibility index (Phi) is 5.38. The maximum Gasteiger partial charge on any atom is 0.254 e. The van der Waals surface area contributed by atoms with Crippen LogP contribution in [-0.2, 0) is 0 Å². The number of likely N-dealkylation sites (tertiary alicyclic amines) is 1. The molecule has 2 aliphatic rings. The molecule has 0 radical (unpaired) electrons. The van der Waals surface area contributed by atoms with Crippen LogP contribution < -0.4 is 5.73 Å². The van der Waals surface area contributed by atoms with Crippen LogP contribution in [0.4, 0.5) is 5.69 Å². The first kappa shape index (κ1) is 17.1. The molecule has 1 amide bonds. The third-order valence-corrected chi connectivity index (χ3v) is 5.35. The summed E-state index contributed by atoms with van der Waals surface area (Å²) in [5.41, 5.74) is 8.74. The zero-order valence-corrected chi connectivity index (χ0v) is 14.3. The van der Waals surface area contributed by atoms with Crippen molar-refractivity contribution in [2.24, 2.45) is 5.41 Å². The second kappa shape index (κ2) is 6.91. The highest BCUT2D eigenvalue weighted by molar-refractivity contribution is 5.96. The molecule has 1 aliphatic heterocycles. The Labute approximate surface area is 139 Å². The number of halogens is 1. The molecule has 122 valence electrons. The first-order valence-corrected chi connectivity index (χ1v) is 8.25. The topological polar surface area (TPSA) is 46.3 Å². The summed E-state index contributed by atoms with van der Waals surface area (Å²) in [4.78, 5) is 14.9. The first-order valence-electron chi connectivity index (χ1n) is 8.25. The van der Waals surface area contributed by atoms with Crippen LogP contribution in [0.3, 0.4) is 0 Å². The van der Waals surface area contributed by atoms with E-state index in [9.17, 15) is 4.79 Å². The third-order valence-electron chi connectivity index (χ3n) is 5.35. The maximum atomic E-state index is 12.9. The van der Waals surface area contributed by atoms with Gasteiger partial charge in [0.05, 0.1) is 0 Å². The van der Waals surface area contributed by atoms with Gasteiger partial charge in [-0.15, -0.1) is 12.4 Å². The maximum absolute atomic E-state index is 12.9. The number of hydrogen-bond donors (Lipinski definition) is 1. The molecule has 2 N–H and O–H groups in total. The Hall–Kier alpha value is -1.22. The van der Waals surface area contributed by atoms with E-state index in [2.05, 4.69) is 4.90 Å². The van der Waals surface area contributed by atoms with Crippen LogP contribution in [0.5, 0.6) is 0 Å². The SMILES string of the molecule is Cc1ccc(N)cc1C(=O)N1CCCC2(CCCCC2)C1.Cl. The van der Waals surface area contributed by atoms with Crippen molar-refractivity contribution in [1.82, 2.24) is 4.90 Å². The van der Waals surface area contributed by atoms with Crippen molar-refractivity contribution in [3.63, 3.8) is 0 Å². The number of anilines is 1. The van der Waals surface area contributed by atoms with Crippen LogP contribution in [0.2, 0.25) is 0 Å². The van der Waals surface area contributed by atoms with E-state index in [1.807, 2.05) is 25.1 Å². The molecule has 0 aromatic heterocycles. The monoisotopic (exact) mass is 322 g/mol. The highest BCUT2D eigenvalue weighted by Gasteiger charge is 2.38. The van der Waals surface area contributed by atoms with Crippen molar-refractivity contribution in [1.29, 1.82) is 0 Å². The normalized spacial score (nSPS) is 20.5. The van der Waals surface area contributed by atoms with Gasteiger partial charge < -0.3 is 10.6 Å². The van der Waals surface area contributed by atoms with Gasteiger partial charge in [-0.1, -0.05) is 25.3 Å². The summed E-state index contributed by atoms with van der Waals surface area (Å²) in [5.74, 6) is 0.171. The van der Waals surface area contributed by atoms with Crippen LogP contribution in [0.1, 0.15) is 60.9 Å². The van der Waals surface area contributed by atoms with E-state index in [4.69, 9.17) is 5.73 Å². The van der Waals surface area contributed by atoms with E-state index in [0.29, 0.717) is 11.1 Å². The molecular weight excluding hydrogens is 296 g/mol. The first-order chi connectivity index (χ1) is 10.1. The molecule has 1 heterocycles. The van der Waals surface area contributed by atoms with Gasteiger partial charge in [0.2, 0.25) is 0 Å². The quantitative estimate of drug-likeness (QED) is 0.788. The molecule has 1 aromatic rings. The Morgan fingerprint density at radius 3 is 2.55 bits per heavy atom. The molecule has 1 saturated heterocycles. The second-order valence-electron chi connectivity index (χ2n) is 6.97. The van der Waals surface area contributed by atoms with Gasteiger partial charge in [-0.05, 0) is 55.7 Å². The van der Waals surface area contributed by atoms with Gasteiger partial charge in [0.25, 0.3) is 5.91 Å². The number of hydrogen-bond acceptors (Lipinski definition) is 2. The molecular formula is C18H27ClN2O. The van der Waals surface area contributed by atoms with Gasteiger partial charge in [0.15, 0.2) is 0 Å². The van der Waals surface area contributed by atoms with E-state index in [1.165, 1.54) is 38.5 Å². The van der Waals surface area contributed by atoms with Gasteiger partial charge in [0.1, 0.15) is 0 Å². The number of nitrogens with two attached hydrogens (primary N) is 1. The van der Waals surface area contributed by atoms with Crippen LogP contribution in [0, 0.1) is 12.3 Å². The zero-order valence-electron chi connectivity index (χ0n) is 13.4. The zero-order chi connectivity index (χ0) is 14.9. The average molecular weight is 323 g/mol. The summed E-state index contributed by atoms with van der Waals surface area (Å²) < 4.78 is 0. The molecule has 1 spiro atoms. The van der Waals surface area contributed by atoms with E-state index < -0.39 is 0 Å². The van der Waals surface area contributed by atoms with Gasteiger partial charge in [-0.2, -0.15) is 0 Å². The number of rotatable bonds is 1. The summed E-state index contributed by atoms with van der Waals surface area (Å²) in [5, 5.41) is 0.